The summed E-state index contributed by atoms with van der Waals surface area (Å²) in [5, 5.41) is 5.00. The number of rotatable bonds is 10. The second kappa shape index (κ2) is 11.6. The van der Waals surface area contributed by atoms with E-state index in [-0.39, 0.29) is 19.1 Å². The van der Waals surface area contributed by atoms with Crippen molar-refractivity contribution in [2.24, 2.45) is 0 Å². The lowest BCUT2D eigenvalue weighted by Gasteiger charge is -2.21. The molecule has 0 heterocycles. The Labute approximate surface area is 170 Å². The van der Waals surface area contributed by atoms with Gasteiger partial charge in [-0.2, -0.15) is 0 Å². The normalized spacial score (nSPS) is 12.7. The predicted octanol–water partition coefficient (Wildman–Crippen LogP) is 2.50. The van der Waals surface area contributed by atoms with Gasteiger partial charge in [-0.25, -0.2) is 4.79 Å². The van der Waals surface area contributed by atoms with Crippen molar-refractivity contribution in [1.29, 1.82) is 0 Å². The zero-order valence-corrected chi connectivity index (χ0v) is 16.5. The summed E-state index contributed by atoms with van der Waals surface area (Å²) in [5.74, 6) is -0.570. The van der Waals surface area contributed by atoms with Gasteiger partial charge in [0.2, 0.25) is 5.91 Å². The number of benzene rings is 2. The number of nitrogens with one attached hydrogen (secondary N) is 2. The minimum Gasteiger partial charge on any atom is -0.445 e. The number of amides is 2. The summed E-state index contributed by atoms with van der Waals surface area (Å²) in [6.07, 6.45) is -0.376. The SMILES string of the molecule is CC(C)OC([C]=O)NC(=O)[C@H](Cc1ccccc1)NC(=O)OCc1ccccc1. The van der Waals surface area contributed by atoms with Gasteiger partial charge in [-0.15, -0.1) is 0 Å². The van der Waals surface area contributed by atoms with Crippen molar-refractivity contribution in [1.82, 2.24) is 10.6 Å². The second-order valence-corrected chi connectivity index (χ2v) is 6.64. The van der Waals surface area contributed by atoms with E-state index in [0.717, 1.165) is 11.1 Å². The molecule has 2 N–H and O–H groups in total. The van der Waals surface area contributed by atoms with Crippen molar-refractivity contribution in [3.8, 4) is 0 Å². The van der Waals surface area contributed by atoms with Gasteiger partial charge in [-0.1, -0.05) is 60.7 Å². The molecule has 7 heteroatoms. The molecule has 0 saturated heterocycles. The summed E-state index contributed by atoms with van der Waals surface area (Å²) >= 11 is 0. The van der Waals surface area contributed by atoms with E-state index >= 15 is 0 Å². The fourth-order valence-electron chi connectivity index (χ4n) is 2.56. The number of alkyl carbamates (subject to hydrolysis) is 1. The molecular weight excluding hydrogens is 372 g/mol. The molecule has 1 unspecified atom stereocenters. The molecule has 1 radical (unpaired) electrons. The molecule has 0 fully saturated rings. The van der Waals surface area contributed by atoms with Crippen molar-refractivity contribution in [2.75, 3.05) is 0 Å². The zero-order chi connectivity index (χ0) is 21.1. The monoisotopic (exact) mass is 397 g/mol. The van der Waals surface area contributed by atoms with Gasteiger partial charge in [0, 0.05) is 6.42 Å². The first-order valence-electron chi connectivity index (χ1n) is 9.32. The highest BCUT2D eigenvalue weighted by molar-refractivity contribution is 5.87. The smallest absolute Gasteiger partial charge is 0.408 e. The molecule has 0 aliphatic rings. The molecule has 2 amide bonds. The van der Waals surface area contributed by atoms with Gasteiger partial charge in [0.1, 0.15) is 12.6 Å². The maximum atomic E-state index is 12.7. The van der Waals surface area contributed by atoms with Crippen LogP contribution >= 0.6 is 0 Å². The Balaban J connectivity index is 2.02. The van der Waals surface area contributed by atoms with Gasteiger partial charge >= 0.3 is 6.09 Å². The summed E-state index contributed by atoms with van der Waals surface area (Å²) in [6, 6.07) is 17.5. The lowest BCUT2D eigenvalue weighted by molar-refractivity contribution is -0.126. The van der Waals surface area contributed by atoms with Crippen LogP contribution in [-0.4, -0.2) is 36.7 Å². The van der Waals surface area contributed by atoms with Gasteiger partial charge in [0.25, 0.3) is 6.29 Å². The average molecular weight is 397 g/mol. The molecule has 29 heavy (non-hydrogen) atoms. The summed E-state index contributed by atoms with van der Waals surface area (Å²) in [7, 11) is 0. The minimum atomic E-state index is -1.22. The van der Waals surface area contributed by atoms with E-state index in [4.69, 9.17) is 9.47 Å². The van der Waals surface area contributed by atoms with E-state index in [9.17, 15) is 14.4 Å². The van der Waals surface area contributed by atoms with Gasteiger partial charge in [-0.05, 0) is 25.0 Å². The van der Waals surface area contributed by atoms with E-state index in [0.29, 0.717) is 0 Å². The Morgan fingerprint density at radius 2 is 1.52 bits per heavy atom. The van der Waals surface area contributed by atoms with Gasteiger partial charge < -0.3 is 20.1 Å². The van der Waals surface area contributed by atoms with Crippen molar-refractivity contribution in [2.45, 2.75) is 45.2 Å². The Kier molecular flexibility index (Phi) is 8.85. The van der Waals surface area contributed by atoms with E-state index in [1.807, 2.05) is 60.7 Å². The fraction of sp³-hybridized carbons (Fsp3) is 0.318. The molecule has 0 aliphatic carbocycles. The quantitative estimate of drug-likeness (QED) is 0.601. The average Bonchev–Trinajstić information content (AvgIpc) is 2.72. The lowest BCUT2D eigenvalue weighted by atomic mass is 10.1. The number of hydrogen-bond acceptors (Lipinski definition) is 5. The highest BCUT2D eigenvalue weighted by Crippen LogP contribution is 2.06. The zero-order valence-electron chi connectivity index (χ0n) is 16.5. The van der Waals surface area contributed by atoms with E-state index in [1.54, 1.807) is 20.1 Å². The van der Waals surface area contributed by atoms with Crippen LogP contribution in [0.1, 0.15) is 25.0 Å². The van der Waals surface area contributed by atoms with Crippen molar-refractivity contribution in [3.05, 3.63) is 71.8 Å². The molecule has 2 rings (SSSR count). The first kappa shape index (κ1) is 22.1. The van der Waals surface area contributed by atoms with Crippen LogP contribution in [0.15, 0.2) is 60.7 Å². The summed E-state index contributed by atoms with van der Waals surface area (Å²) < 4.78 is 10.5. The van der Waals surface area contributed by atoms with Crippen LogP contribution in [0.2, 0.25) is 0 Å². The standard InChI is InChI=1S/C22H25N2O5/c1-16(2)29-20(14-25)24-21(26)19(13-17-9-5-3-6-10-17)23-22(27)28-15-18-11-7-4-8-12-18/h3-12,16,19-20H,13,15H2,1-2H3,(H,23,27)(H,24,26)/t19-,20?/m0/s1. The fourth-order valence-corrected chi connectivity index (χ4v) is 2.56. The third kappa shape index (κ3) is 8.15. The summed E-state index contributed by atoms with van der Waals surface area (Å²) in [6.45, 7) is 3.54. The molecule has 2 aromatic carbocycles. The Morgan fingerprint density at radius 3 is 2.07 bits per heavy atom. The first-order valence-corrected chi connectivity index (χ1v) is 9.32. The highest BCUT2D eigenvalue weighted by Gasteiger charge is 2.25. The van der Waals surface area contributed by atoms with Crippen LogP contribution in [0.25, 0.3) is 0 Å². The number of carbonyl (C=O) groups excluding carboxylic acids is 3. The van der Waals surface area contributed by atoms with Crippen LogP contribution in [0, 0.1) is 0 Å². The Bertz CT molecular complexity index is 780. The van der Waals surface area contributed by atoms with Crippen molar-refractivity contribution < 1.29 is 23.9 Å². The number of ether oxygens (including phenoxy) is 2. The van der Waals surface area contributed by atoms with Gasteiger partial charge in [-0.3, -0.25) is 9.59 Å². The maximum absolute atomic E-state index is 12.7. The van der Waals surface area contributed by atoms with Crippen LogP contribution < -0.4 is 10.6 Å². The van der Waals surface area contributed by atoms with Gasteiger partial charge in [0.05, 0.1) is 6.10 Å². The van der Waals surface area contributed by atoms with E-state index in [1.165, 1.54) is 0 Å². The first-order chi connectivity index (χ1) is 14.0. The van der Waals surface area contributed by atoms with Crippen LogP contribution in [-0.2, 0) is 32.1 Å². The molecule has 2 atom stereocenters. The van der Waals surface area contributed by atoms with Crippen molar-refractivity contribution in [3.63, 3.8) is 0 Å². The summed E-state index contributed by atoms with van der Waals surface area (Å²) in [4.78, 5) is 36.0. The maximum Gasteiger partial charge on any atom is 0.408 e. The Hall–Kier alpha value is -3.19. The summed E-state index contributed by atoms with van der Waals surface area (Å²) in [5.41, 5.74) is 1.67. The second-order valence-electron chi connectivity index (χ2n) is 6.64. The van der Waals surface area contributed by atoms with Crippen LogP contribution in [0.4, 0.5) is 4.79 Å². The molecule has 0 bridgehead atoms. The molecule has 0 aromatic heterocycles. The van der Waals surface area contributed by atoms with Crippen molar-refractivity contribution >= 4 is 18.3 Å². The highest BCUT2D eigenvalue weighted by atomic mass is 16.5. The molecule has 7 nitrogen and oxygen atoms in total. The Morgan fingerprint density at radius 1 is 0.931 bits per heavy atom. The third-order valence-corrected chi connectivity index (χ3v) is 3.89. The molecule has 0 saturated carbocycles. The van der Waals surface area contributed by atoms with Crippen LogP contribution in [0.3, 0.4) is 0 Å². The largest absolute Gasteiger partial charge is 0.445 e. The molecule has 2 aromatic rings. The topological polar surface area (TPSA) is 93.7 Å². The molecule has 0 aliphatic heterocycles. The number of hydrogen-bond donors (Lipinski definition) is 2. The molecular formula is C22H25N2O5. The number of carbonyl (C=O) groups is 2. The predicted molar refractivity (Wildman–Crippen MR) is 108 cm³/mol. The van der Waals surface area contributed by atoms with Gasteiger partial charge in [0.15, 0.2) is 6.23 Å². The third-order valence-electron chi connectivity index (χ3n) is 3.89. The van der Waals surface area contributed by atoms with Crippen LogP contribution in [0.5, 0.6) is 0 Å². The molecule has 0 spiro atoms. The van der Waals surface area contributed by atoms with E-state index in [2.05, 4.69) is 10.6 Å². The molecule has 153 valence electrons. The van der Waals surface area contributed by atoms with E-state index < -0.39 is 24.3 Å². The lowest BCUT2D eigenvalue weighted by Crippen LogP contribution is -2.52. The minimum absolute atomic E-state index is 0.0769.